The Hall–Kier alpha value is -8.36. The van der Waals surface area contributed by atoms with Gasteiger partial charge in [0, 0.05) is 63.5 Å². The van der Waals surface area contributed by atoms with Crippen molar-refractivity contribution in [1.82, 2.24) is 39.2 Å². The average molecular weight is 1330 g/mol. The van der Waals surface area contributed by atoms with Gasteiger partial charge in [-0.3, -0.25) is 28.5 Å². The van der Waals surface area contributed by atoms with Crippen LogP contribution in [0.15, 0.2) is 122 Å². The fourth-order valence-corrected chi connectivity index (χ4v) is 11.7. The van der Waals surface area contributed by atoms with Crippen LogP contribution in [0.1, 0.15) is 117 Å². The van der Waals surface area contributed by atoms with Gasteiger partial charge in [-0.2, -0.15) is 10.2 Å². The molecule has 0 saturated carbocycles. The normalized spacial score (nSPS) is 21.5. The zero-order chi connectivity index (χ0) is 68.8. The Bertz CT molecular complexity index is 3320. The van der Waals surface area contributed by atoms with Crippen LogP contribution >= 0.6 is 23.2 Å². The summed E-state index contributed by atoms with van der Waals surface area (Å²) in [5.74, 6) is -7.67. The molecule has 8 atom stereocenters. The van der Waals surface area contributed by atoms with Gasteiger partial charge in [0.2, 0.25) is 0 Å². The van der Waals surface area contributed by atoms with Crippen molar-refractivity contribution >= 4 is 70.7 Å². The number of hydrogen-bond acceptors (Lipinski definition) is 14. The molecule has 2 aromatic heterocycles. The minimum absolute atomic E-state index is 0.0605. The van der Waals surface area contributed by atoms with Crippen molar-refractivity contribution in [2.24, 2.45) is 23.7 Å². The third kappa shape index (κ3) is 19.4. The number of halogens is 2. The van der Waals surface area contributed by atoms with E-state index in [-0.39, 0.29) is 62.2 Å². The lowest BCUT2D eigenvalue weighted by Crippen LogP contribution is -2.55. The van der Waals surface area contributed by atoms with Crippen molar-refractivity contribution in [2.45, 2.75) is 169 Å². The van der Waals surface area contributed by atoms with Crippen molar-refractivity contribution in [3.8, 4) is 22.5 Å². The highest BCUT2D eigenvalue weighted by Gasteiger charge is 2.43. The molecule has 3 heterocycles. The molecule has 0 aliphatic carbocycles. The van der Waals surface area contributed by atoms with Gasteiger partial charge in [0.15, 0.2) is 24.4 Å². The molecule has 1 saturated heterocycles. The van der Waals surface area contributed by atoms with E-state index in [2.05, 4.69) is 10.2 Å². The highest BCUT2D eigenvalue weighted by Crippen LogP contribution is 2.28. The molecule has 22 heteroatoms. The van der Waals surface area contributed by atoms with Crippen LogP contribution in [0.5, 0.6) is 0 Å². The summed E-state index contributed by atoms with van der Waals surface area (Å²) in [5, 5.41) is 10.3. The van der Waals surface area contributed by atoms with E-state index in [4.69, 9.17) is 42.1 Å². The van der Waals surface area contributed by atoms with E-state index in [0.717, 1.165) is 53.2 Å². The smallest absolute Gasteiger partial charge is 0.329 e. The van der Waals surface area contributed by atoms with Crippen LogP contribution in [-0.2, 0) is 83.2 Å². The summed E-state index contributed by atoms with van der Waals surface area (Å²) in [6.45, 7) is 18.3. The number of cyclic esters (lactones) is 4. The second kappa shape index (κ2) is 33.2. The van der Waals surface area contributed by atoms with E-state index in [9.17, 15) is 28.8 Å². The van der Waals surface area contributed by atoms with E-state index in [1.54, 1.807) is 60.9 Å². The molecule has 94 heavy (non-hydrogen) atoms. The minimum Gasteiger partial charge on any atom is -0.451 e. The number of esters is 4. The number of likely N-dealkylation sites (N-methyl/N-ethyl adjacent to an activating group) is 4. The summed E-state index contributed by atoms with van der Waals surface area (Å²) in [4.78, 5) is 123. The van der Waals surface area contributed by atoms with E-state index in [0.29, 0.717) is 34.3 Å². The number of carbonyl (C=O) groups excluding carboxylic acids is 8. The van der Waals surface area contributed by atoms with Gasteiger partial charge >= 0.3 is 23.9 Å². The number of carbonyl (C=O) groups is 8. The molecular formula is C72H90Cl2N8O12. The maximum absolute atomic E-state index is 15.2. The van der Waals surface area contributed by atoms with Crippen LogP contribution in [0.4, 0.5) is 0 Å². The first-order valence-corrected chi connectivity index (χ1v) is 32.8. The number of amides is 4. The van der Waals surface area contributed by atoms with Gasteiger partial charge < -0.3 is 38.5 Å². The average Bonchev–Trinajstić information content (AvgIpc) is 0.918. The number of hydrogen-bond donors (Lipinski definition) is 0. The third-order valence-electron chi connectivity index (χ3n) is 16.7. The molecule has 1 aliphatic rings. The number of aromatic nitrogens is 4. The highest BCUT2D eigenvalue weighted by atomic mass is 35.5. The van der Waals surface area contributed by atoms with Gasteiger partial charge in [0.1, 0.15) is 24.2 Å². The predicted molar refractivity (Wildman–Crippen MR) is 359 cm³/mol. The topological polar surface area (TPSA) is 222 Å². The molecule has 6 aromatic rings. The molecule has 0 radical (unpaired) electrons. The van der Waals surface area contributed by atoms with Crippen LogP contribution < -0.4 is 0 Å². The number of ether oxygens (including phenoxy) is 4. The van der Waals surface area contributed by atoms with Crippen molar-refractivity contribution in [1.29, 1.82) is 0 Å². The summed E-state index contributed by atoms with van der Waals surface area (Å²) < 4.78 is 28.2. The third-order valence-corrected chi connectivity index (χ3v) is 17.2. The molecule has 4 aromatic carbocycles. The monoisotopic (exact) mass is 1330 g/mol. The Labute approximate surface area is 562 Å². The lowest BCUT2D eigenvalue weighted by Gasteiger charge is -2.35. The zero-order valence-corrected chi connectivity index (χ0v) is 57.9. The van der Waals surface area contributed by atoms with E-state index < -0.39 is 96.1 Å². The van der Waals surface area contributed by atoms with E-state index >= 15 is 9.59 Å². The molecule has 0 bridgehead atoms. The van der Waals surface area contributed by atoms with Gasteiger partial charge in [0.05, 0.1) is 24.5 Å². The zero-order valence-electron chi connectivity index (χ0n) is 56.4. The summed E-state index contributed by atoms with van der Waals surface area (Å²) in [7, 11) is 5.56. The van der Waals surface area contributed by atoms with Crippen LogP contribution in [-0.4, -0.2) is 163 Å². The SMILES string of the molecule is CC(C)C[C@H]1C(=O)O[C@H](Cc2ccc(Cn3nccc3-c3ccc(Cl)cc3)cc2)C(=O)N(C)[C@@H](CC(C)C)C(=O)O[C@H](C)C(=O)N(C)[C@@H](CC(C)C)C(=O)O[C@H](Cc2ccc(Cn3nccc3-c3ccc(Cl)cc3)cc2)C(=O)N(C)[C@@H](CC(C)C)C(=O)O[C@H](C)C(=O)N1C. The quantitative estimate of drug-likeness (QED) is 0.0577. The maximum Gasteiger partial charge on any atom is 0.329 e. The van der Waals surface area contributed by atoms with E-state index in [1.165, 1.54) is 42.0 Å². The fraction of sp³-hybridized carbons (Fsp3) is 0.472. The van der Waals surface area contributed by atoms with Gasteiger partial charge in [-0.1, -0.05) is 151 Å². The number of nitrogens with zero attached hydrogens (tertiary/aromatic N) is 8. The largest absolute Gasteiger partial charge is 0.451 e. The van der Waals surface area contributed by atoms with Crippen LogP contribution in [0, 0.1) is 23.7 Å². The van der Waals surface area contributed by atoms with Crippen LogP contribution in [0.2, 0.25) is 10.0 Å². The molecule has 7 rings (SSSR count). The minimum atomic E-state index is -1.57. The van der Waals surface area contributed by atoms with Crippen LogP contribution in [0.3, 0.4) is 0 Å². The van der Waals surface area contributed by atoms with Crippen molar-refractivity contribution in [3.63, 3.8) is 0 Å². The summed E-state index contributed by atoms with van der Waals surface area (Å²) in [6.07, 6.45) is -2.85. The Kier molecular flexibility index (Phi) is 25.8. The molecule has 504 valence electrons. The molecule has 0 N–H and O–H groups in total. The summed E-state index contributed by atoms with van der Waals surface area (Å²) in [6, 6.07) is 28.1. The maximum atomic E-state index is 15.2. The summed E-state index contributed by atoms with van der Waals surface area (Å²) >= 11 is 12.4. The van der Waals surface area contributed by atoms with Crippen molar-refractivity contribution < 1.29 is 57.3 Å². The van der Waals surface area contributed by atoms with Gasteiger partial charge in [-0.25, -0.2) is 19.2 Å². The molecule has 0 unspecified atom stereocenters. The highest BCUT2D eigenvalue weighted by molar-refractivity contribution is 6.31. The summed E-state index contributed by atoms with van der Waals surface area (Å²) in [5.41, 5.74) is 6.49. The Morgan fingerprint density at radius 3 is 0.926 bits per heavy atom. The standard InChI is InChI=1S/C72H90Cl2N8O12/c1-43(2)35-59-69(87)91-47(9)65(83)77(11)62(38-46(7)8)72(90)94-64(40-50-17-21-52(22-18-50)42-82-58(32-34-76-82)54-25-29-56(74)30-26-54)68(86)80(14)60(36-44(3)4)70(88)92-48(10)66(84)78(12)61(37-45(5)6)71(89)93-63(67(85)79(59)13)39-49-15-19-51(20-16-49)41-81-57(31-33-75-81)53-23-27-55(73)28-24-53/h15-34,43-48,59-64H,35-42H2,1-14H3/t47-,48-,59+,60+,61+,62+,63-,64-/m1/s1. The van der Waals surface area contributed by atoms with Crippen molar-refractivity contribution in [3.05, 3.63) is 154 Å². The Morgan fingerprint density at radius 2 is 0.638 bits per heavy atom. The first kappa shape index (κ1) is 73.1. The Balaban J connectivity index is 1.23. The number of benzene rings is 4. The molecule has 1 fully saturated rings. The second-order valence-corrected chi connectivity index (χ2v) is 27.1. The molecule has 20 nitrogen and oxygen atoms in total. The number of rotatable bonds is 18. The lowest BCUT2D eigenvalue weighted by molar-refractivity contribution is -0.176. The van der Waals surface area contributed by atoms with Gasteiger partial charge in [-0.15, -0.1) is 0 Å². The first-order valence-electron chi connectivity index (χ1n) is 32.1. The predicted octanol–water partition coefficient (Wildman–Crippen LogP) is 10.8. The lowest BCUT2D eigenvalue weighted by atomic mass is 9.99. The molecular weight excluding hydrogens is 1240 g/mol. The first-order chi connectivity index (χ1) is 44.5. The molecule has 0 spiro atoms. The van der Waals surface area contributed by atoms with Crippen LogP contribution in [0.25, 0.3) is 22.5 Å². The van der Waals surface area contributed by atoms with Gasteiger partial charge in [0.25, 0.3) is 23.6 Å². The van der Waals surface area contributed by atoms with E-state index in [1.807, 2.05) is 125 Å². The molecule has 1 aliphatic heterocycles. The second-order valence-electron chi connectivity index (χ2n) is 26.2. The Morgan fingerprint density at radius 1 is 0.372 bits per heavy atom. The fourth-order valence-electron chi connectivity index (χ4n) is 11.5. The molecule has 4 amide bonds. The van der Waals surface area contributed by atoms with Gasteiger partial charge in [-0.05, 0) is 133 Å². The van der Waals surface area contributed by atoms with Crippen molar-refractivity contribution in [2.75, 3.05) is 28.2 Å².